The highest BCUT2D eigenvalue weighted by atomic mass is 35.5. The molecule has 2 aromatic carbocycles. The first kappa shape index (κ1) is 29.9. The van der Waals surface area contributed by atoms with Gasteiger partial charge in [0.2, 0.25) is 5.82 Å². The zero-order valence-electron chi connectivity index (χ0n) is 23.6. The van der Waals surface area contributed by atoms with Crippen LogP contribution in [0.3, 0.4) is 0 Å². The molecular formula is C29H28ClF3N8O3. The maximum Gasteiger partial charge on any atom is 0.471 e. The number of rotatable bonds is 7. The van der Waals surface area contributed by atoms with Crippen LogP contribution in [0.4, 0.5) is 13.2 Å². The molecule has 0 atom stereocenters. The lowest BCUT2D eigenvalue weighted by Crippen LogP contribution is -2.47. The van der Waals surface area contributed by atoms with Gasteiger partial charge in [-0.3, -0.25) is 18.9 Å². The Balaban J connectivity index is 1.12. The van der Waals surface area contributed by atoms with Gasteiger partial charge < -0.3 is 15.4 Å². The fraction of sp³-hybridized carbons (Fsp3) is 0.345. The number of nitrogens with two attached hydrogens (primary N) is 1. The lowest BCUT2D eigenvalue weighted by molar-refractivity contribution is -0.159. The molecular weight excluding hydrogens is 601 g/mol. The van der Waals surface area contributed by atoms with Crippen molar-refractivity contribution in [3.63, 3.8) is 0 Å². The minimum absolute atomic E-state index is 0.0692. The Kier molecular flexibility index (Phi) is 7.78. The predicted octanol–water partition coefficient (Wildman–Crippen LogP) is 4.01. The maximum absolute atomic E-state index is 13.4. The van der Waals surface area contributed by atoms with E-state index in [-0.39, 0.29) is 23.4 Å². The van der Waals surface area contributed by atoms with Gasteiger partial charge in [0.05, 0.1) is 24.2 Å². The number of hydrogen-bond donors (Lipinski definition) is 2. The molecule has 0 radical (unpaired) electrons. The number of alkyl halides is 3. The highest BCUT2D eigenvalue weighted by Gasteiger charge is 2.38. The predicted molar refractivity (Wildman–Crippen MR) is 155 cm³/mol. The monoisotopic (exact) mass is 628 g/mol. The summed E-state index contributed by atoms with van der Waals surface area (Å²) in [7, 11) is 1.76. The molecule has 6 rings (SSSR count). The Morgan fingerprint density at radius 3 is 2.43 bits per heavy atom. The van der Waals surface area contributed by atoms with E-state index in [1.54, 1.807) is 23.9 Å². The van der Waals surface area contributed by atoms with Crippen LogP contribution in [-0.2, 0) is 32.9 Å². The molecule has 1 fully saturated rings. The summed E-state index contributed by atoms with van der Waals surface area (Å²) in [4.78, 5) is 23.4. The van der Waals surface area contributed by atoms with Crippen molar-refractivity contribution in [1.82, 2.24) is 34.4 Å². The van der Waals surface area contributed by atoms with E-state index in [2.05, 4.69) is 29.6 Å². The highest BCUT2D eigenvalue weighted by Crippen LogP contribution is 2.32. The van der Waals surface area contributed by atoms with Crippen LogP contribution >= 0.6 is 11.6 Å². The molecule has 15 heteroatoms. The number of hydrogen-bond acceptors (Lipinski definition) is 9. The van der Waals surface area contributed by atoms with Gasteiger partial charge in [0, 0.05) is 49.4 Å². The Labute approximate surface area is 253 Å². The van der Waals surface area contributed by atoms with Gasteiger partial charge >= 0.3 is 12.1 Å². The number of fused-ring (bicyclic) bond motifs is 1. The van der Waals surface area contributed by atoms with E-state index in [9.17, 15) is 23.1 Å². The van der Waals surface area contributed by atoms with Gasteiger partial charge in [-0.05, 0) is 30.0 Å². The zero-order chi connectivity index (χ0) is 31.2. The number of piperidine rings is 1. The van der Waals surface area contributed by atoms with E-state index in [1.807, 2.05) is 24.3 Å². The number of aromatic nitrogens is 6. The van der Waals surface area contributed by atoms with Gasteiger partial charge in [-0.25, -0.2) is 4.98 Å². The number of halogens is 4. The molecule has 11 nitrogen and oxygen atoms in total. The Bertz CT molecular complexity index is 1880. The first-order valence-electron chi connectivity index (χ1n) is 13.8. The SMILES string of the molecule is Cn1nc2c(=O)n(CC3(O)CCN(Cc4ccc(-c5noc(C(F)(F)F)n5)cc4Cl)CC3)cnc2c1-c1ccc(CN)cc1. The average Bonchev–Trinajstić information content (AvgIpc) is 3.63. The van der Waals surface area contributed by atoms with Crippen molar-refractivity contribution in [3.05, 3.63) is 81.2 Å². The maximum atomic E-state index is 13.4. The average molecular weight is 629 g/mol. The quantitative estimate of drug-likeness (QED) is 0.273. The second kappa shape index (κ2) is 11.4. The lowest BCUT2D eigenvalue weighted by atomic mass is 9.91. The van der Waals surface area contributed by atoms with Crippen LogP contribution in [0.25, 0.3) is 33.7 Å². The lowest BCUT2D eigenvalue weighted by Gasteiger charge is -2.38. The number of nitrogens with zero attached hydrogens (tertiary/aromatic N) is 7. The zero-order valence-corrected chi connectivity index (χ0v) is 24.3. The topological polar surface area (TPSA) is 141 Å². The third-order valence-electron chi connectivity index (χ3n) is 7.90. The van der Waals surface area contributed by atoms with E-state index in [1.165, 1.54) is 17.0 Å². The van der Waals surface area contributed by atoms with Gasteiger partial charge in [-0.15, -0.1) is 0 Å². The summed E-state index contributed by atoms with van der Waals surface area (Å²) in [6.45, 7) is 2.03. The number of benzene rings is 2. The third kappa shape index (κ3) is 5.85. The largest absolute Gasteiger partial charge is 0.471 e. The summed E-state index contributed by atoms with van der Waals surface area (Å²) >= 11 is 6.45. The molecule has 1 aliphatic heterocycles. The van der Waals surface area contributed by atoms with Crippen LogP contribution in [-0.4, -0.2) is 58.2 Å². The molecule has 0 aliphatic carbocycles. The minimum Gasteiger partial charge on any atom is -0.388 e. The first-order valence-corrected chi connectivity index (χ1v) is 14.2. The van der Waals surface area contributed by atoms with Crippen LogP contribution < -0.4 is 11.3 Å². The molecule has 1 saturated heterocycles. The molecule has 0 saturated carbocycles. The van der Waals surface area contributed by atoms with Crippen molar-refractivity contribution in [3.8, 4) is 22.6 Å². The van der Waals surface area contributed by atoms with Crippen LogP contribution in [0, 0.1) is 0 Å². The second-order valence-corrected chi connectivity index (χ2v) is 11.4. The van der Waals surface area contributed by atoms with Crippen molar-refractivity contribution in [2.24, 2.45) is 12.8 Å². The molecule has 3 N–H and O–H groups in total. The summed E-state index contributed by atoms with van der Waals surface area (Å²) in [5.41, 5.74) is 8.58. The molecule has 230 valence electrons. The summed E-state index contributed by atoms with van der Waals surface area (Å²) in [5, 5.41) is 19.6. The standard InChI is InChI=1S/C29H28ClF3N8O3/c1-39-24(18-4-2-17(13-34)3-5-18)22-23(37-39)26(42)41(16-35-22)15-28(43)8-10-40(11-9-28)14-20-7-6-19(12-21(20)30)25-36-27(44-38-25)29(31,32)33/h2-7,12,16,43H,8-11,13-15,34H2,1H3. The highest BCUT2D eigenvalue weighted by molar-refractivity contribution is 6.31. The Morgan fingerprint density at radius 1 is 1.09 bits per heavy atom. The molecule has 0 unspecified atom stereocenters. The molecule has 5 aromatic rings. The molecule has 0 spiro atoms. The van der Waals surface area contributed by atoms with Crippen molar-refractivity contribution < 1.29 is 22.8 Å². The molecule has 0 amide bonds. The molecule has 0 bridgehead atoms. The van der Waals surface area contributed by atoms with Crippen molar-refractivity contribution >= 4 is 22.6 Å². The van der Waals surface area contributed by atoms with E-state index < -0.39 is 17.7 Å². The van der Waals surface area contributed by atoms with E-state index in [0.29, 0.717) is 55.1 Å². The fourth-order valence-corrected chi connectivity index (χ4v) is 5.68. The van der Waals surface area contributed by atoms with E-state index in [0.717, 1.165) is 22.4 Å². The molecule has 1 aliphatic rings. The van der Waals surface area contributed by atoms with Gasteiger partial charge in [0.25, 0.3) is 5.56 Å². The van der Waals surface area contributed by atoms with Crippen LogP contribution in [0.5, 0.6) is 0 Å². The van der Waals surface area contributed by atoms with Crippen molar-refractivity contribution in [1.29, 1.82) is 0 Å². The number of aryl methyl sites for hydroxylation is 1. The number of likely N-dealkylation sites (tertiary alicyclic amines) is 1. The molecule has 4 heterocycles. The summed E-state index contributed by atoms with van der Waals surface area (Å²) < 4.78 is 45.7. The normalized spacial score (nSPS) is 15.7. The van der Waals surface area contributed by atoms with Gasteiger partial charge in [-0.2, -0.15) is 23.3 Å². The van der Waals surface area contributed by atoms with Gasteiger partial charge in [-0.1, -0.05) is 53.2 Å². The third-order valence-corrected chi connectivity index (χ3v) is 8.25. The van der Waals surface area contributed by atoms with Crippen LogP contribution in [0.15, 0.2) is 58.1 Å². The van der Waals surface area contributed by atoms with Crippen molar-refractivity contribution in [2.45, 2.75) is 44.3 Å². The number of aliphatic hydroxyl groups is 1. The van der Waals surface area contributed by atoms with Crippen LogP contribution in [0.2, 0.25) is 5.02 Å². The smallest absolute Gasteiger partial charge is 0.388 e. The first-order chi connectivity index (χ1) is 20.9. The molecule has 3 aromatic heterocycles. The minimum atomic E-state index is -4.73. The summed E-state index contributed by atoms with van der Waals surface area (Å²) in [6.07, 6.45) is -2.48. The van der Waals surface area contributed by atoms with Crippen molar-refractivity contribution in [2.75, 3.05) is 13.1 Å². The van der Waals surface area contributed by atoms with E-state index in [4.69, 9.17) is 17.3 Å². The summed E-state index contributed by atoms with van der Waals surface area (Å²) in [6, 6.07) is 12.5. The Morgan fingerprint density at radius 2 is 1.80 bits per heavy atom. The summed E-state index contributed by atoms with van der Waals surface area (Å²) in [5.74, 6) is -1.63. The molecule has 44 heavy (non-hydrogen) atoms. The van der Waals surface area contributed by atoms with Gasteiger partial charge in [0.1, 0.15) is 5.52 Å². The fourth-order valence-electron chi connectivity index (χ4n) is 5.44. The van der Waals surface area contributed by atoms with Gasteiger partial charge in [0.15, 0.2) is 5.52 Å². The second-order valence-electron chi connectivity index (χ2n) is 11.0. The Hall–Kier alpha value is -4.11. The van der Waals surface area contributed by atoms with E-state index >= 15 is 0 Å². The van der Waals surface area contributed by atoms with Crippen LogP contribution in [0.1, 0.15) is 29.9 Å².